The Morgan fingerprint density at radius 3 is 2.43 bits per heavy atom. The maximum Gasteiger partial charge on any atom is 0.410 e. The highest BCUT2D eigenvalue weighted by atomic mass is 16.6. The van der Waals surface area contributed by atoms with Crippen LogP contribution in [-0.2, 0) is 9.53 Å². The van der Waals surface area contributed by atoms with Crippen molar-refractivity contribution in [2.24, 2.45) is 11.7 Å². The van der Waals surface area contributed by atoms with Gasteiger partial charge in [0.25, 0.3) is 5.97 Å². The highest BCUT2D eigenvalue weighted by Gasteiger charge is 2.38. The monoisotopic (exact) mass is 330 g/mol. The number of ether oxygens (including phenoxy) is 1. The minimum atomic E-state index is -0.833. The lowest BCUT2D eigenvalue weighted by Crippen LogP contribution is -2.45. The fraction of sp³-hybridized carbons (Fsp3) is 0.875. The van der Waals surface area contributed by atoms with Crippen molar-refractivity contribution in [2.45, 2.75) is 70.6 Å². The van der Waals surface area contributed by atoms with Gasteiger partial charge in [-0.2, -0.15) is 0 Å². The molecule has 7 heteroatoms. The molecule has 1 aliphatic heterocycles. The lowest BCUT2D eigenvalue weighted by atomic mass is 9.83. The topological polar surface area (TPSA) is 113 Å². The van der Waals surface area contributed by atoms with Crippen molar-refractivity contribution in [2.75, 3.05) is 13.1 Å². The standard InChI is InChI=1S/C14H26N2O3.C2H4O2/c1-2-16-9-12(19-14(16)18)13(17)11(15)8-10-6-4-3-5-7-10;1-2(3)4/h10-13,17H,2-9,15H2,1H3;1H3,(H,3,4)/t11-,12-,13?;/m0./s1. The number of carbonyl (C=O) groups excluding carboxylic acids is 1. The summed E-state index contributed by atoms with van der Waals surface area (Å²) < 4.78 is 5.19. The molecule has 23 heavy (non-hydrogen) atoms. The number of aliphatic carboxylic acids is 1. The predicted octanol–water partition coefficient (Wildman–Crippen LogP) is 1.58. The highest BCUT2D eigenvalue weighted by Crippen LogP contribution is 2.28. The van der Waals surface area contributed by atoms with Crippen LogP contribution in [0.5, 0.6) is 0 Å². The molecular formula is C16H30N2O5. The predicted molar refractivity (Wildman–Crippen MR) is 86.0 cm³/mol. The van der Waals surface area contributed by atoms with Crippen LogP contribution < -0.4 is 5.73 Å². The molecule has 0 spiro atoms. The van der Waals surface area contributed by atoms with E-state index in [0.29, 0.717) is 19.0 Å². The van der Waals surface area contributed by atoms with Crippen LogP contribution in [0.25, 0.3) is 0 Å². The summed E-state index contributed by atoms with van der Waals surface area (Å²) in [6.07, 6.45) is 5.58. The number of cyclic esters (lactones) is 1. The molecule has 2 aliphatic rings. The molecule has 134 valence electrons. The minimum Gasteiger partial charge on any atom is -0.481 e. The highest BCUT2D eigenvalue weighted by molar-refractivity contribution is 5.69. The zero-order valence-electron chi connectivity index (χ0n) is 14.1. The fourth-order valence-electron chi connectivity index (χ4n) is 3.19. The minimum absolute atomic E-state index is 0.294. The van der Waals surface area contributed by atoms with Crippen molar-refractivity contribution in [1.29, 1.82) is 0 Å². The fourth-order valence-corrected chi connectivity index (χ4v) is 3.19. The largest absolute Gasteiger partial charge is 0.481 e. The maximum atomic E-state index is 11.5. The Hall–Kier alpha value is -1.34. The summed E-state index contributed by atoms with van der Waals surface area (Å²) in [5.41, 5.74) is 6.10. The molecule has 1 unspecified atom stereocenters. The number of carboxylic acid groups (broad SMARTS) is 1. The van der Waals surface area contributed by atoms with Crippen LogP contribution in [0.4, 0.5) is 4.79 Å². The zero-order valence-corrected chi connectivity index (χ0v) is 14.1. The van der Waals surface area contributed by atoms with Gasteiger partial charge in [-0.3, -0.25) is 4.79 Å². The second kappa shape index (κ2) is 9.72. The number of carbonyl (C=O) groups is 2. The maximum absolute atomic E-state index is 11.5. The van der Waals surface area contributed by atoms with Crippen molar-refractivity contribution in [3.63, 3.8) is 0 Å². The third kappa shape index (κ3) is 6.74. The lowest BCUT2D eigenvalue weighted by Gasteiger charge is -2.28. The van der Waals surface area contributed by atoms with E-state index in [2.05, 4.69) is 0 Å². The van der Waals surface area contributed by atoms with Crippen LogP contribution in [0.3, 0.4) is 0 Å². The Morgan fingerprint density at radius 1 is 1.39 bits per heavy atom. The summed E-state index contributed by atoms with van der Waals surface area (Å²) in [7, 11) is 0. The molecule has 1 amide bonds. The number of carboxylic acids is 1. The van der Waals surface area contributed by atoms with E-state index in [9.17, 15) is 9.90 Å². The van der Waals surface area contributed by atoms with E-state index in [-0.39, 0.29) is 12.1 Å². The van der Waals surface area contributed by atoms with Gasteiger partial charge < -0.3 is 25.6 Å². The van der Waals surface area contributed by atoms with Gasteiger partial charge in [-0.15, -0.1) is 0 Å². The zero-order chi connectivity index (χ0) is 17.4. The first-order valence-electron chi connectivity index (χ1n) is 8.43. The van der Waals surface area contributed by atoms with Crippen molar-refractivity contribution < 1.29 is 24.5 Å². The number of rotatable bonds is 5. The van der Waals surface area contributed by atoms with E-state index in [1.807, 2.05) is 6.92 Å². The van der Waals surface area contributed by atoms with Crippen molar-refractivity contribution in [3.05, 3.63) is 0 Å². The van der Waals surface area contributed by atoms with Crippen molar-refractivity contribution in [3.8, 4) is 0 Å². The number of likely N-dealkylation sites (N-methyl/N-ethyl adjacent to an activating group) is 1. The van der Waals surface area contributed by atoms with E-state index in [1.54, 1.807) is 4.90 Å². The Kier molecular flexibility index (Phi) is 8.33. The van der Waals surface area contributed by atoms with Gasteiger partial charge in [0, 0.05) is 19.5 Å². The van der Waals surface area contributed by atoms with E-state index in [1.165, 1.54) is 32.1 Å². The van der Waals surface area contributed by atoms with Gasteiger partial charge >= 0.3 is 6.09 Å². The molecule has 0 aromatic carbocycles. The SMILES string of the molecule is CC(=O)O.CCN1C[C@@H](C(O)[C@@H](N)CC2CCCCC2)OC1=O. The van der Waals surface area contributed by atoms with Crippen LogP contribution in [-0.4, -0.2) is 58.5 Å². The number of aliphatic hydroxyl groups excluding tert-OH is 1. The van der Waals surface area contributed by atoms with Gasteiger partial charge in [0.05, 0.1) is 6.54 Å². The van der Waals surface area contributed by atoms with Crippen LogP contribution in [0, 0.1) is 5.92 Å². The van der Waals surface area contributed by atoms with Crippen LogP contribution in [0.15, 0.2) is 0 Å². The van der Waals surface area contributed by atoms with E-state index in [4.69, 9.17) is 20.4 Å². The molecule has 3 atom stereocenters. The first-order valence-corrected chi connectivity index (χ1v) is 8.43. The summed E-state index contributed by atoms with van der Waals surface area (Å²) in [6.45, 7) is 4.05. The molecule has 1 saturated carbocycles. The molecule has 7 nitrogen and oxygen atoms in total. The molecule has 0 bridgehead atoms. The molecule has 0 radical (unpaired) electrons. The van der Waals surface area contributed by atoms with Crippen LogP contribution in [0.2, 0.25) is 0 Å². The first-order chi connectivity index (χ1) is 10.8. The third-order valence-corrected chi connectivity index (χ3v) is 4.44. The summed E-state index contributed by atoms with van der Waals surface area (Å²) in [5, 5.41) is 17.7. The Labute approximate surface area is 137 Å². The lowest BCUT2D eigenvalue weighted by molar-refractivity contribution is -0.134. The molecule has 1 heterocycles. The number of amides is 1. The van der Waals surface area contributed by atoms with E-state index < -0.39 is 18.2 Å². The number of aliphatic hydroxyl groups is 1. The Bertz CT molecular complexity index is 381. The second-order valence-electron chi connectivity index (χ2n) is 6.37. The molecule has 4 N–H and O–H groups in total. The molecule has 0 aromatic heterocycles. The van der Waals surface area contributed by atoms with Gasteiger partial charge in [-0.1, -0.05) is 32.1 Å². The van der Waals surface area contributed by atoms with Gasteiger partial charge in [-0.05, 0) is 19.3 Å². The van der Waals surface area contributed by atoms with Gasteiger partial charge in [-0.25, -0.2) is 4.79 Å². The van der Waals surface area contributed by atoms with Crippen molar-refractivity contribution in [1.82, 2.24) is 4.90 Å². The Morgan fingerprint density at radius 2 is 1.96 bits per heavy atom. The van der Waals surface area contributed by atoms with Crippen LogP contribution >= 0.6 is 0 Å². The summed E-state index contributed by atoms with van der Waals surface area (Å²) in [5.74, 6) is -0.210. The summed E-state index contributed by atoms with van der Waals surface area (Å²) in [4.78, 5) is 22.1. The van der Waals surface area contributed by atoms with E-state index >= 15 is 0 Å². The summed E-state index contributed by atoms with van der Waals surface area (Å²) in [6, 6.07) is -0.294. The molecule has 0 aromatic rings. The number of nitrogens with zero attached hydrogens (tertiary/aromatic N) is 1. The summed E-state index contributed by atoms with van der Waals surface area (Å²) >= 11 is 0. The van der Waals surface area contributed by atoms with E-state index in [0.717, 1.165) is 13.3 Å². The molecule has 1 saturated heterocycles. The van der Waals surface area contributed by atoms with Gasteiger partial charge in [0.1, 0.15) is 12.2 Å². The second-order valence-corrected chi connectivity index (χ2v) is 6.37. The number of nitrogens with two attached hydrogens (primary N) is 1. The smallest absolute Gasteiger partial charge is 0.410 e. The number of hydrogen-bond donors (Lipinski definition) is 3. The van der Waals surface area contributed by atoms with Crippen LogP contribution in [0.1, 0.15) is 52.4 Å². The quantitative estimate of drug-likeness (QED) is 0.705. The van der Waals surface area contributed by atoms with Crippen molar-refractivity contribution >= 4 is 12.1 Å². The normalized spacial score (nSPS) is 24.4. The number of hydrogen-bond acceptors (Lipinski definition) is 5. The first kappa shape index (κ1) is 19.7. The average molecular weight is 330 g/mol. The molecular weight excluding hydrogens is 300 g/mol. The van der Waals surface area contributed by atoms with Gasteiger partial charge in [0.15, 0.2) is 0 Å². The Balaban J connectivity index is 0.000000593. The third-order valence-electron chi connectivity index (χ3n) is 4.44. The van der Waals surface area contributed by atoms with Gasteiger partial charge in [0.2, 0.25) is 0 Å². The molecule has 2 rings (SSSR count). The molecule has 1 aliphatic carbocycles. The average Bonchev–Trinajstić information content (AvgIpc) is 2.88. The molecule has 2 fully saturated rings.